The number of rotatable bonds is 4. The van der Waals surface area contributed by atoms with Gasteiger partial charge >= 0.3 is 0 Å². The van der Waals surface area contributed by atoms with Gasteiger partial charge in [-0.3, -0.25) is 4.99 Å². The van der Waals surface area contributed by atoms with E-state index >= 15 is 0 Å². The highest BCUT2D eigenvalue weighted by Crippen LogP contribution is 2.41. The molecule has 1 aliphatic carbocycles. The van der Waals surface area contributed by atoms with Gasteiger partial charge in [-0.05, 0) is 24.7 Å². The van der Waals surface area contributed by atoms with Crippen LogP contribution in [0, 0.1) is 5.41 Å². The molecule has 0 amide bonds. The Labute approximate surface area is 115 Å². The van der Waals surface area contributed by atoms with Crippen molar-refractivity contribution in [1.29, 1.82) is 0 Å². The van der Waals surface area contributed by atoms with Gasteiger partial charge in [-0.25, -0.2) is 0 Å². The van der Waals surface area contributed by atoms with Crippen LogP contribution in [0.25, 0.3) is 0 Å². The maximum absolute atomic E-state index is 6.12. The van der Waals surface area contributed by atoms with E-state index in [0.717, 1.165) is 32.0 Å². The Morgan fingerprint density at radius 3 is 2.61 bits per heavy atom. The predicted molar refractivity (Wildman–Crippen MR) is 81.1 cm³/mol. The summed E-state index contributed by atoms with van der Waals surface area (Å²) in [5, 5.41) is 0. The third kappa shape index (κ3) is 3.44. The molecule has 0 aromatic heterocycles. The molecule has 1 saturated heterocycles. The van der Waals surface area contributed by atoms with Gasteiger partial charge in [0, 0.05) is 31.1 Å². The maximum atomic E-state index is 6.12. The molecule has 4 heteroatoms. The van der Waals surface area contributed by atoms with E-state index < -0.39 is 0 Å². The predicted octanol–water partition coefficient (Wildman–Crippen LogP) is 2.49. The van der Waals surface area contributed by atoms with Crippen LogP contribution in [0.5, 0.6) is 0 Å². The minimum absolute atomic E-state index is 0.358. The molecule has 0 aromatic carbocycles. The van der Waals surface area contributed by atoms with E-state index in [0.29, 0.717) is 5.41 Å². The zero-order valence-electron chi connectivity index (χ0n) is 11.2. The van der Waals surface area contributed by atoms with Crippen LogP contribution in [-0.2, 0) is 0 Å². The summed E-state index contributed by atoms with van der Waals surface area (Å²) < 4.78 is 0. The Kier molecular flexibility index (Phi) is 4.98. The molecule has 2 N–H and O–H groups in total. The first-order valence-electron chi connectivity index (χ1n) is 6.99. The van der Waals surface area contributed by atoms with Crippen LogP contribution >= 0.6 is 11.8 Å². The van der Waals surface area contributed by atoms with Crippen LogP contribution in [0.15, 0.2) is 17.6 Å². The smallest absolute Gasteiger partial charge is 0.191 e. The minimum atomic E-state index is 0.358. The number of thioether (sulfide) groups is 1. The van der Waals surface area contributed by atoms with Crippen LogP contribution in [0.4, 0.5) is 0 Å². The van der Waals surface area contributed by atoms with Gasteiger partial charge in [-0.1, -0.05) is 18.9 Å². The lowest BCUT2D eigenvalue weighted by Gasteiger charge is -2.29. The molecule has 18 heavy (non-hydrogen) atoms. The number of nitrogens with two attached hydrogens (primary N) is 1. The SMILES string of the molecule is C=CCC1(CN=C(N)N2CCSCC2)CCCC1. The second-order valence-electron chi connectivity index (χ2n) is 5.47. The Hall–Kier alpha value is -0.640. The molecule has 0 bridgehead atoms. The lowest BCUT2D eigenvalue weighted by molar-refractivity contribution is 0.312. The van der Waals surface area contributed by atoms with Crippen LogP contribution in [0.1, 0.15) is 32.1 Å². The molecule has 0 radical (unpaired) electrons. The summed E-state index contributed by atoms with van der Waals surface area (Å²) in [6.07, 6.45) is 8.37. The molecule has 2 aliphatic rings. The van der Waals surface area contributed by atoms with Gasteiger partial charge in [-0.15, -0.1) is 6.58 Å². The lowest BCUT2D eigenvalue weighted by atomic mass is 9.83. The molecule has 3 nitrogen and oxygen atoms in total. The van der Waals surface area contributed by atoms with Crippen LogP contribution in [0.2, 0.25) is 0 Å². The van der Waals surface area contributed by atoms with Gasteiger partial charge < -0.3 is 10.6 Å². The minimum Gasteiger partial charge on any atom is -0.370 e. The number of guanidine groups is 1. The van der Waals surface area contributed by atoms with Crippen molar-refractivity contribution < 1.29 is 0 Å². The standard InChI is InChI=1S/C14H25N3S/c1-2-5-14(6-3-4-7-14)12-16-13(15)17-8-10-18-11-9-17/h2H,1,3-12H2,(H2,15,16). The number of nitrogens with zero attached hydrogens (tertiary/aromatic N) is 2. The first-order valence-corrected chi connectivity index (χ1v) is 8.15. The van der Waals surface area contributed by atoms with Gasteiger partial charge in [0.15, 0.2) is 5.96 Å². The highest BCUT2D eigenvalue weighted by atomic mass is 32.2. The van der Waals surface area contributed by atoms with Crippen LogP contribution in [-0.4, -0.2) is 42.0 Å². The molecule has 0 unspecified atom stereocenters. The lowest BCUT2D eigenvalue weighted by Crippen LogP contribution is -2.43. The van der Waals surface area contributed by atoms with Gasteiger partial charge in [-0.2, -0.15) is 11.8 Å². The summed E-state index contributed by atoms with van der Waals surface area (Å²) >= 11 is 2.00. The van der Waals surface area contributed by atoms with E-state index in [4.69, 9.17) is 5.73 Å². The topological polar surface area (TPSA) is 41.6 Å². The maximum Gasteiger partial charge on any atom is 0.191 e. The normalized spacial score (nSPS) is 24.2. The second-order valence-corrected chi connectivity index (χ2v) is 6.70. The number of hydrogen-bond donors (Lipinski definition) is 1. The summed E-state index contributed by atoms with van der Waals surface area (Å²) in [5.41, 5.74) is 6.48. The molecule has 0 spiro atoms. The van der Waals surface area contributed by atoms with Crippen molar-refractivity contribution in [3.05, 3.63) is 12.7 Å². The summed E-state index contributed by atoms with van der Waals surface area (Å²) in [6.45, 7) is 6.88. The molecule has 0 atom stereocenters. The molecule has 1 saturated carbocycles. The van der Waals surface area contributed by atoms with E-state index in [2.05, 4.69) is 22.5 Å². The molecule has 1 aliphatic heterocycles. The Bertz CT molecular complexity index is 302. The Morgan fingerprint density at radius 1 is 1.33 bits per heavy atom. The Morgan fingerprint density at radius 2 is 2.00 bits per heavy atom. The number of aliphatic imine (C=N–C) groups is 1. The molecule has 102 valence electrons. The molecular formula is C14H25N3S. The summed E-state index contributed by atoms with van der Waals surface area (Å²) in [4.78, 5) is 6.91. The fourth-order valence-corrected chi connectivity index (χ4v) is 3.90. The second kappa shape index (κ2) is 6.50. The quantitative estimate of drug-likeness (QED) is 0.483. The zero-order chi connectivity index (χ0) is 12.8. The molecule has 2 rings (SSSR count). The van der Waals surface area contributed by atoms with Crippen LogP contribution in [0.3, 0.4) is 0 Å². The van der Waals surface area contributed by atoms with E-state index in [-0.39, 0.29) is 0 Å². The van der Waals surface area contributed by atoms with Crippen molar-refractivity contribution in [3.63, 3.8) is 0 Å². The molecular weight excluding hydrogens is 242 g/mol. The highest BCUT2D eigenvalue weighted by molar-refractivity contribution is 7.99. The highest BCUT2D eigenvalue weighted by Gasteiger charge is 2.32. The van der Waals surface area contributed by atoms with Gasteiger partial charge in [0.1, 0.15) is 0 Å². The van der Waals surface area contributed by atoms with E-state index in [1.54, 1.807) is 0 Å². The third-order valence-electron chi connectivity index (χ3n) is 4.15. The van der Waals surface area contributed by atoms with Gasteiger partial charge in [0.25, 0.3) is 0 Å². The van der Waals surface area contributed by atoms with E-state index in [1.807, 2.05) is 11.8 Å². The average Bonchev–Trinajstić information content (AvgIpc) is 2.87. The molecule has 2 fully saturated rings. The summed E-state index contributed by atoms with van der Waals surface area (Å²) in [5.74, 6) is 3.10. The molecule has 1 heterocycles. The van der Waals surface area contributed by atoms with Gasteiger partial charge in [0.05, 0.1) is 0 Å². The zero-order valence-corrected chi connectivity index (χ0v) is 12.1. The number of allylic oxidation sites excluding steroid dienone is 1. The largest absolute Gasteiger partial charge is 0.370 e. The van der Waals surface area contributed by atoms with Crippen molar-refractivity contribution >= 4 is 17.7 Å². The van der Waals surface area contributed by atoms with Crippen molar-refractivity contribution in [1.82, 2.24) is 4.90 Å². The number of hydrogen-bond acceptors (Lipinski definition) is 2. The Balaban J connectivity index is 1.92. The first-order chi connectivity index (χ1) is 8.76. The molecule has 0 aromatic rings. The van der Waals surface area contributed by atoms with E-state index in [1.165, 1.54) is 37.2 Å². The monoisotopic (exact) mass is 267 g/mol. The van der Waals surface area contributed by atoms with Gasteiger partial charge in [0.2, 0.25) is 0 Å². The van der Waals surface area contributed by atoms with Crippen LogP contribution < -0.4 is 5.73 Å². The fourth-order valence-electron chi connectivity index (χ4n) is 3.00. The third-order valence-corrected chi connectivity index (χ3v) is 5.10. The average molecular weight is 267 g/mol. The van der Waals surface area contributed by atoms with Crippen molar-refractivity contribution in [2.24, 2.45) is 16.1 Å². The van der Waals surface area contributed by atoms with Crippen molar-refractivity contribution in [2.45, 2.75) is 32.1 Å². The first kappa shape index (κ1) is 13.8. The summed E-state index contributed by atoms with van der Waals surface area (Å²) in [6, 6.07) is 0. The van der Waals surface area contributed by atoms with Crippen molar-refractivity contribution in [3.8, 4) is 0 Å². The fraction of sp³-hybridized carbons (Fsp3) is 0.786. The van der Waals surface area contributed by atoms with Crippen molar-refractivity contribution in [2.75, 3.05) is 31.1 Å². The summed E-state index contributed by atoms with van der Waals surface area (Å²) in [7, 11) is 0. The van der Waals surface area contributed by atoms with E-state index in [9.17, 15) is 0 Å².